The number of aryl methyl sites for hydroxylation is 1. The second-order valence-electron chi connectivity index (χ2n) is 6.10. The number of nitrogens with one attached hydrogen (secondary N) is 3. The highest BCUT2D eigenvalue weighted by atomic mass is 32.2. The van der Waals surface area contributed by atoms with Crippen molar-refractivity contribution in [1.82, 2.24) is 9.97 Å². The molecular weight excluding hydrogens is 390 g/mol. The van der Waals surface area contributed by atoms with Crippen LogP contribution >= 0.6 is 11.8 Å². The lowest BCUT2D eigenvalue weighted by Gasteiger charge is -2.09. The lowest BCUT2D eigenvalue weighted by molar-refractivity contribution is -0.113. The van der Waals surface area contributed by atoms with Crippen LogP contribution in [-0.4, -0.2) is 27.5 Å². The summed E-state index contributed by atoms with van der Waals surface area (Å²) in [6.45, 7) is 1.89. The fraction of sp³-hybridized carbons (Fsp3) is 0.100. The smallest absolute Gasteiger partial charge is 0.277 e. The number of anilines is 3. The maximum atomic E-state index is 12.3. The number of nitrogens with zero attached hydrogens (tertiary/aromatic N) is 1. The molecule has 3 rings (SSSR count). The van der Waals surface area contributed by atoms with Gasteiger partial charge in [-0.25, -0.2) is 4.98 Å². The molecule has 0 aliphatic rings. The third kappa shape index (κ3) is 5.23. The number of rotatable bonds is 6. The number of hydrogen-bond donors (Lipinski definition) is 4. The van der Waals surface area contributed by atoms with Gasteiger partial charge >= 0.3 is 0 Å². The highest BCUT2D eigenvalue weighted by molar-refractivity contribution is 7.99. The second-order valence-corrected chi connectivity index (χ2v) is 7.07. The molecule has 148 valence electrons. The summed E-state index contributed by atoms with van der Waals surface area (Å²) >= 11 is 1.03. The number of carbonyl (C=O) groups excluding carboxylic acids is 2. The van der Waals surface area contributed by atoms with E-state index in [0.717, 1.165) is 23.0 Å². The van der Waals surface area contributed by atoms with Gasteiger partial charge < -0.3 is 16.4 Å². The first-order chi connectivity index (χ1) is 13.9. The van der Waals surface area contributed by atoms with E-state index >= 15 is 0 Å². The predicted molar refractivity (Wildman–Crippen MR) is 114 cm³/mol. The number of hydrogen-bond acceptors (Lipinski definition) is 6. The van der Waals surface area contributed by atoms with Crippen LogP contribution in [0, 0.1) is 6.92 Å². The quantitative estimate of drug-likeness (QED) is 0.366. The number of nitrogens with two attached hydrogens (primary N) is 1. The summed E-state index contributed by atoms with van der Waals surface area (Å²) in [6.07, 6.45) is 0. The minimum absolute atomic E-state index is 0.0342. The number of para-hydroxylation sites is 1. The highest BCUT2D eigenvalue weighted by Gasteiger charge is 2.14. The summed E-state index contributed by atoms with van der Waals surface area (Å²) < 4.78 is 0. The molecular formula is C20H19N5O3S. The molecule has 0 saturated carbocycles. The topological polar surface area (TPSA) is 130 Å². The number of aromatic amines is 1. The Morgan fingerprint density at radius 3 is 2.45 bits per heavy atom. The van der Waals surface area contributed by atoms with Crippen LogP contribution in [0.15, 0.2) is 64.5 Å². The van der Waals surface area contributed by atoms with Crippen LogP contribution in [0.3, 0.4) is 0 Å². The van der Waals surface area contributed by atoms with Gasteiger partial charge in [0.2, 0.25) is 5.91 Å². The molecule has 2 amide bonds. The van der Waals surface area contributed by atoms with Gasteiger partial charge in [0.05, 0.1) is 5.75 Å². The van der Waals surface area contributed by atoms with Crippen molar-refractivity contribution in [1.29, 1.82) is 0 Å². The van der Waals surface area contributed by atoms with Crippen LogP contribution in [0.1, 0.15) is 15.9 Å². The van der Waals surface area contributed by atoms with Crippen LogP contribution in [0.25, 0.3) is 0 Å². The summed E-state index contributed by atoms with van der Waals surface area (Å²) in [4.78, 5) is 43.2. The van der Waals surface area contributed by atoms with Gasteiger partial charge in [-0.1, -0.05) is 48.2 Å². The van der Waals surface area contributed by atoms with Gasteiger partial charge in [0, 0.05) is 11.3 Å². The maximum Gasteiger partial charge on any atom is 0.277 e. The molecule has 0 atom stereocenters. The molecule has 1 aromatic heterocycles. The number of nitrogen functional groups attached to an aromatic ring is 1. The van der Waals surface area contributed by atoms with Crippen LogP contribution in [-0.2, 0) is 4.79 Å². The Bertz CT molecular complexity index is 1100. The number of thioether (sulfide) groups is 1. The van der Waals surface area contributed by atoms with Crippen LogP contribution in [0.5, 0.6) is 0 Å². The van der Waals surface area contributed by atoms with Crippen LogP contribution in [0.4, 0.5) is 17.2 Å². The number of H-pyrrole nitrogens is 1. The summed E-state index contributed by atoms with van der Waals surface area (Å²) in [6, 6.07) is 15.8. The standard InChI is InChI=1S/C20H19N5O3S/c1-12-7-5-6-10-14(12)22-15(26)11-29-20-24-17(21)16(19(28)25-20)23-18(27)13-8-3-2-4-9-13/h2-10H,11H2,1H3,(H,22,26)(H,23,27)(H3,21,24,25,28). The first-order valence-electron chi connectivity index (χ1n) is 8.68. The molecule has 0 aliphatic carbocycles. The average Bonchev–Trinajstić information content (AvgIpc) is 2.71. The van der Waals surface area contributed by atoms with Gasteiger partial charge in [0.15, 0.2) is 11.0 Å². The minimum Gasteiger partial charge on any atom is -0.382 e. The molecule has 9 heteroatoms. The fourth-order valence-electron chi connectivity index (χ4n) is 2.47. The van der Waals surface area contributed by atoms with Crippen molar-refractivity contribution in [2.24, 2.45) is 0 Å². The summed E-state index contributed by atoms with van der Waals surface area (Å²) in [7, 11) is 0. The normalized spacial score (nSPS) is 10.4. The van der Waals surface area contributed by atoms with Crippen LogP contribution in [0.2, 0.25) is 0 Å². The van der Waals surface area contributed by atoms with Crippen molar-refractivity contribution < 1.29 is 9.59 Å². The molecule has 0 aliphatic heterocycles. The van der Waals surface area contributed by atoms with Gasteiger partial charge in [-0.3, -0.25) is 19.4 Å². The first-order valence-corrected chi connectivity index (χ1v) is 9.67. The number of benzene rings is 2. The number of amides is 2. The molecule has 1 heterocycles. The third-order valence-corrected chi connectivity index (χ3v) is 4.83. The van der Waals surface area contributed by atoms with Gasteiger partial charge in [-0.2, -0.15) is 0 Å². The molecule has 5 N–H and O–H groups in total. The zero-order chi connectivity index (χ0) is 20.8. The molecule has 3 aromatic rings. The van der Waals surface area contributed by atoms with E-state index in [2.05, 4.69) is 20.6 Å². The van der Waals surface area contributed by atoms with E-state index in [9.17, 15) is 14.4 Å². The van der Waals surface area contributed by atoms with Crippen molar-refractivity contribution >= 4 is 40.8 Å². The second kappa shape index (κ2) is 9.07. The van der Waals surface area contributed by atoms with E-state index in [1.807, 2.05) is 25.1 Å². The molecule has 8 nitrogen and oxygen atoms in total. The Labute approximate surface area is 170 Å². The van der Waals surface area contributed by atoms with Crippen molar-refractivity contribution in [3.63, 3.8) is 0 Å². The van der Waals surface area contributed by atoms with E-state index in [0.29, 0.717) is 5.56 Å². The lowest BCUT2D eigenvalue weighted by atomic mass is 10.2. The number of carbonyl (C=O) groups is 2. The predicted octanol–water partition coefficient (Wildman–Crippen LogP) is 2.64. The van der Waals surface area contributed by atoms with Crippen molar-refractivity contribution in [2.45, 2.75) is 12.1 Å². The molecule has 29 heavy (non-hydrogen) atoms. The Balaban J connectivity index is 1.64. The van der Waals surface area contributed by atoms with E-state index in [4.69, 9.17) is 5.73 Å². The number of aromatic nitrogens is 2. The molecule has 0 bridgehead atoms. The minimum atomic E-state index is -0.594. The Kier molecular flexibility index (Phi) is 6.30. The van der Waals surface area contributed by atoms with E-state index in [1.165, 1.54) is 0 Å². The van der Waals surface area contributed by atoms with Crippen LogP contribution < -0.4 is 21.9 Å². The molecule has 0 spiro atoms. The van der Waals surface area contributed by atoms with Gasteiger partial charge in [0.1, 0.15) is 5.69 Å². The molecule has 0 saturated heterocycles. The summed E-state index contributed by atoms with van der Waals surface area (Å²) in [5.74, 6) is -0.804. The van der Waals surface area contributed by atoms with Gasteiger partial charge in [-0.15, -0.1) is 0 Å². The average molecular weight is 409 g/mol. The van der Waals surface area contributed by atoms with Gasteiger partial charge in [0.25, 0.3) is 11.5 Å². The molecule has 2 aromatic carbocycles. The van der Waals surface area contributed by atoms with E-state index in [-0.39, 0.29) is 28.3 Å². The Morgan fingerprint density at radius 2 is 1.76 bits per heavy atom. The SMILES string of the molecule is Cc1ccccc1NC(=O)CSc1nc(N)c(NC(=O)c2ccccc2)c(=O)[nH]1. The van der Waals surface area contributed by atoms with Crippen molar-refractivity contribution in [3.05, 3.63) is 76.1 Å². The van der Waals surface area contributed by atoms with E-state index < -0.39 is 11.5 Å². The molecule has 0 unspecified atom stereocenters. The maximum absolute atomic E-state index is 12.3. The Morgan fingerprint density at radius 1 is 1.07 bits per heavy atom. The summed E-state index contributed by atoms with van der Waals surface area (Å²) in [5, 5.41) is 5.45. The monoisotopic (exact) mass is 409 g/mol. The fourth-order valence-corrected chi connectivity index (χ4v) is 3.13. The van der Waals surface area contributed by atoms with Crippen molar-refractivity contribution in [2.75, 3.05) is 22.1 Å². The molecule has 0 radical (unpaired) electrons. The Hall–Kier alpha value is -3.59. The largest absolute Gasteiger partial charge is 0.382 e. The van der Waals surface area contributed by atoms with E-state index in [1.54, 1.807) is 36.4 Å². The third-order valence-electron chi connectivity index (χ3n) is 3.96. The zero-order valence-corrected chi connectivity index (χ0v) is 16.4. The molecule has 0 fully saturated rings. The van der Waals surface area contributed by atoms with Crippen molar-refractivity contribution in [3.8, 4) is 0 Å². The first kappa shape index (κ1) is 20.2. The lowest BCUT2D eigenvalue weighted by Crippen LogP contribution is -2.23. The zero-order valence-electron chi connectivity index (χ0n) is 15.6. The van der Waals surface area contributed by atoms with Gasteiger partial charge in [-0.05, 0) is 30.7 Å². The summed E-state index contributed by atoms with van der Waals surface area (Å²) in [5.41, 5.74) is 7.16. The highest BCUT2D eigenvalue weighted by Crippen LogP contribution is 2.18.